The topological polar surface area (TPSA) is 12.0 Å². The first-order valence-corrected chi connectivity index (χ1v) is 7.36. The van der Waals surface area contributed by atoms with Gasteiger partial charge >= 0.3 is 0 Å². The SMILES string of the molecule is CC(C)C1CCCCC1NCc1cc(F)c(F)c(F)c1. The van der Waals surface area contributed by atoms with Gasteiger partial charge in [-0.2, -0.15) is 0 Å². The van der Waals surface area contributed by atoms with E-state index in [0.29, 0.717) is 30.0 Å². The van der Waals surface area contributed by atoms with Crippen LogP contribution in [0, 0.1) is 29.3 Å². The Hall–Kier alpha value is -1.03. The minimum absolute atomic E-state index is 0.375. The van der Waals surface area contributed by atoms with Crippen LogP contribution in [0.1, 0.15) is 45.1 Å². The van der Waals surface area contributed by atoms with Gasteiger partial charge in [-0.1, -0.05) is 26.7 Å². The van der Waals surface area contributed by atoms with Gasteiger partial charge in [0, 0.05) is 12.6 Å². The van der Waals surface area contributed by atoms with E-state index in [-0.39, 0.29) is 0 Å². The van der Waals surface area contributed by atoms with E-state index in [1.54, 1.807) is 0 Å². The average molecular weight is 285 g/mol. The third-order valence-corrected chi connectivity index (χ3v) is 4.29. The van der Waals surface area contributed by atoms with Gasteiger partial charge in [-0.25, -0.2) is 13.2 Å². The summed E-state index contributed by atoms with van der Waals surface area (Å²) in [6.45, 7) is 4.80. The fraction of sp³-hybridized carbons (Fsp3) is 0.625. The molecule has 0 amide bonds. The van der Waals surface area contributed by atoms with E-state index in [1.165, 1.54) is 19.3 Å². The monoisotopic (exact) mass is 285 g/mol. The van der Waals surface area contributed by atoms with E-state index in [4.69, 9.17) is 0 Å². The summed E-state index contributed by atoms with van der Waals surface area (Å²) < 4.78 is 39.2. The molecule has 4 heteroatoms. The molecule has 0 aromatic heterocycles. The molecule has 1 aromatic carbocycles. The van der Waals surface area contributed by atoms with Gasteiger partial charge in [-0.15, -0.1) is 0 Å². The Labute approximate surface area is 118 Å². The van der Waals surface area contributed by atoms with Crippen LogP contribution < -0.4 is 5.32 Å². The predicted molar refractivity (Wildman–Crippen MR) is 73.7 cm³/mol. The molecule has 0 aliphatic heterocycles. The minimum atomic E-state index is -1.40. The molecule has 0 bridgehead atoms. The van der Waals surface area contributed by atoms with E-state index in [2.05, 4.69) is 19.2 Å². The quantitative estimate of drug-likeness (QED) is 0.808. The number of halogens is 3. The molecule has 1 aromatic rings. The van der Waals surface area contributed by atoms with Crippen LogP contribution in [0.4, 0.5) is 13.2 Å². The van der Waals surface area contributed by atoms with Crippen LogP contribution in [-0.4, -0.2) is 6.04 Å². The van der Waals surface area contributed by atoms with E-state index >= 15 is 0 Å². The van der Waals surface area contributed by atoms with Gasteiger partial charge in [-0.05, 0) is 42.4 Å². The molecule has 2 rings (SSSR count). The van der Waals surface area contributed by atoms with Crippen molar-refractivity contribution in [2.24, 2.45) is 11.8 Å². The van der Waals surface area contributed by atoms with Crippen molar-refractivity contribution in [2.45, 2.75) is 52.1 Å². The second kappa shape index (κ2) is 6.61. The highest BCUT2D eigenvalue weighted by Gasteiger charge is 2.27. The van der Waals surface area contributed by atoms with Gasteiger partial charge in [0.2, 0.25) is 0 Å². The highest BCUT2D eigenvalue weighted by Crippen LogP contribution is 2.30. The third kappa shape index (κ3) is 3.54. The summed E-state index contributed by atoms with van der Waals surface area (Å²) in [7, 11) is 0. The van der Waals surface area contributed by atoms with Crippen molar-refractivity contribution in [3.05, 3.63) is 35.1 Å². The maximum absolute atomic E-state index is 13.2. The lowest BCUT2D eigenvalue weighted by Gasteiger charge is -2.35. The zero-order valence-electron chi connectivity index (χ0n) is 12.1. The molecule has 0 heterocycles. The molecule has 1 aliphatic carbocycles. The second-order valence-electron chi connectivity index (χ2n) is 6.05. The largest absolute Gasteiger partial charge is 0.310 e. The van der Waals surface area contributed by atoms with Crippen LogP contribution in [0.2, 0.25) is 0 Å². The van der Waals surface area contributed by atoms with Crippen molar-refractivity contribution in [2.75, 3.05) is 0 Å². The lowest BCUT2D eigenvalue weighted by Crippen LogP contribution is -2.40. The van der Waals surface area contributed by atoms with E-state index in [0.717, 1.165) is 18.6 Å². The highest BCUT2D eigenvalue weighted by molar-refractivity contribution is 5.19. The fourth-order valence-electron chi connectivity index (χ4n) is 3.17. The molecule has 1 N–H and O–H groups in total. The van der Waals surface area contributed by atoms with Crippen LogP contribution in [0.25, 0.3) is 0 Å². The number of rotatable bonds is 4. The minimum Gasteiger partial charge on any atom is -0.310 e. The first-order valence-electron chi connectivity index (χ1n) is 7.36. The van der Waals surface area contributed by atoms with Gasteiger partial charge in [0.05, 0.1) is 0 Å². The summed E-state index contributed by atoms with van der Waals surface area (Å²) in [6.07, 6.45) is 4.73. The van der Waals surface area contributed by atoms with Gasteiger partial charge in [0.25, 0.3) is 0 Å². The lowest BCUT2D eigenvalue weighted by atomic mass is 9.78. The maximum atomic E-state index is 13.2. The van der Waals surface area contributed by atoms with Crippen LogP contribution in [0.15, 0.2) is 12.1 Å². The molecule has 112 valence electrons. The Balaban J connectivity index is 2.00. The summed E-state index contributed by atoms with van der Waals surface area (Å²) in [4.78, 5) is 0. The van der Waals surface area contributed by atoms with Gasteiger partial charge in [0.1, 0.15) is 0 Å². The molecule has 20 heavy (non-hydrogen) atoms. The average Bonchev–Trinajstić information content (AvgIpc) is 2.42. The number of nitrogens with one attached hydrogen (secondary N) is 1. The molecular weight excluding hydrogens is 263 g/mol. The Morgan fingerprint density at radius 1 is 1.10 bits per heavy atom. The molecule has 1 saturated carbocycles. The Morgan fingerprint density at radius 2 is 1.70 bits per heavy atom. The summed E-state index contributed by atoms with van der Waals surface area (Å²) >= 11 is 0. The standard InChI is InChI=1S/C16H22F3N/c1-10(2)12-5-3-4-6-15(12)20-9-11-7-13(17)16(19)14(18)8-11/h7-8,10,12,15,20H,3-6,9H2,1-2H3. The zero-order chi connectivity index (χ0) is 14.7. The number of hydrogen-bond acceptors (Lipinski definition) is 1. The normalized spacial score (nSPS) is 23.3. The summed E-state index contributed by atoms with van der Waals surface area (Å²) in [5.41, 5.74) is 0.453. The predicted octanol–water partition coefficient (Wildman–Crippen LogP) is 4.41. The van der Waals surface area contributed by atoms with Gasteiger partial charge in [-0.3, -0.25) is 0 Å². The van der Waals surface area contributed by atoms with Gasteiger partial charge < -0.3 is 5.32 Å². The molecule has 0 saturated heterocycles. The first-order chi connectivity index (χ1) is 9.49. The Morgan fingerprint density at radius 3 is 2.30 bits per heavy atom. The zero-order valence-corrected chi connectivity index (χ0v) is 12.1. The van der Waals surface area contributed by atoms with Crippen molar-refractivity contribution in [1.82, 2.24) is 5.32 Å². The number of hydrogen-bond donors (Lipinski definition) is 1. The molecule has 0 spiro atoms. The van der Waals surface area contributed by atoms with Crippen LogP contribution in [0.3, 0.4) is 0 Å². The summed E-state index contributed by atoms with van der Waals surface area (Å²) in [6, 6.07) is 2.51. The summed E-state index contributed by atoms with van der Waals surface area (Å²) in [5.74, 6) is -2.45. The van der Waals surface area contributed by atoms with Crippen LogP contribution in [0.5, 0.6) is 0 Å². The number of benzene rings is 1. The van der Waals surface area contributed by atoms with Gasteiger partial charge in [0.15, 0.2) is 17.5 Å². The maximum Gasteiger partial charge on any atom is 0.194 e. The molecular formula is C16H22F3N. The fourth-order valence-corrected chi connectivity index (χ4v) is 3.17. The van der Waals surface area contributed by atoms with Crippen molar-refractivity contribution in [3.63, 3.8) is 0 Å². The molecule has 2 atom stereocenters. The van der Waals surface area contributed by atoms with E-state index in [9.17, 15) is 13.2 Å². The third-order valence-electron chi connectivity index (χ3n) is 4.29. The van der Waals surface area contributed by atoms with E-state index in [1.807, 2.05) is 0 Å². The first kappa shape index (κ1) is 15.4. The molecule has 2 unspecified atom stereocenters. The Bertz CT molecular complexity index is 436. The van der Waals surface area contributed by atoms with Crippen molar-refractivity contribution >= 4 is 0 Å². The molecule has 0 radical (unpaired) electrons. The van der Waals surface area contributed by atoms with Crippen molar-refractivity contribution in [3.8, 4) is 0 Å². The van der Waals surface area contributed by atoms with Crippen LogP contribution >= 0.6 is 0 Å². The van der Waals surface area contributed by atoms with Crippen LogP contribution in [-0.2, 0) is 6.54 Å². The summed E-state index contributed by atoms with van der Waals surface area (Å²) in [5, 5.41) is 3.39. The second-order valence-corrected chi connectivity index (χ2v) is 6.05. The lowest BCUT2D eigenvalue weighted by molar-refractivity contribution is 0.204. The molecule has 1 nitrogen and oxygen atoms in total. The van der Waals surface area contributed by atoms with Crippen molar-refractivity contribution in [1.29, 1.82) is 0 Å². The Kier molecular flexibility index (Phi) is 5.08. The highest BCUT2D eigenvalue weighted by atomic mass is 19.2. The van der Waals surface area contributed by atoms with Crippen molar-refractivity contribution < 1.29 is 13.2 Å². The van der Waals surface area contributed by atoms with E-state index < -0.39 is 17.5 Å². The molecule has 1 aliphatic rings. The smallest absolute Gasteiger partial charge is 0.194 e. The molecule has 1 fully saturated rings.